The van der Waals surface area contributed by atoms with Crippen molar-refractivity contribution in [2.45, 2.75) is 60.1 Å². The summed E-state index contributed by atoms with van der Waals surface area (Å²) in [5.74, 6) is 0.0595. The average molecular weight is 274 g/mol. The minimum atomic E-state index is -4.23. The molecule has 0 amide bonds. The fourth-order valence-corrected chi connectivity index (χ4v) is 2.02. The zero-order valence-corrected chi connectivity index (χ0v) is 12.6. The standard InChI is InChI=1S/C16H25F3/c1-6-9-15(16(17,18)19)11-14(8-3)13(7-2)10-12(4)5/h8,10-11,13H,6-7,9H2,1-5H3/b14-8-,15-11+. The SMILES string of the molecule is C/C=C(/C=C(\CCC)C(F)(F)F)C(C=C(C)C)CC. The molecule has 0 spiro atoms. The average Bonchev–Trinajstić information content (AvgIpc) is 2.30. The predicted octanol–water partition coefficient (Wildman–Crippen LogP) is 6.21. The van der Waals surface area contributed by atoms with Crippen molar-refractivity contribution in [3.05, 3.63) is 34.9 Å². The summed E-state index contributed by atoms with van der Waals surface area (Å²) in [5.41, 5.74) is 1.46. The molecule has 3 heteroatoms. The lowest BCUT2D eigenvalue weighted by atomic mass is 9.91. The zero-order chi connectivity index (χ0) is 15.1. The Bertz CT molecular complexity index is 353. The van der Waals surface area contributed by atoms with Gasteiger partial charge in [0.2, 0.25) is 0 Å². The quantitative estimate of drug-likeness (QED) is 0.399. The van der Waals surface area contributed by atoms with Crippen molar-refractivity contribution in [2.75, 3.05) is 0 Å². The molecule has 0 saturated heterocycles. The van der Waals surface area contributed by atoms with E-state index in [2.05, 4.69) is 0 Å². The summed E-state index contributed by atoms with van der Waals surface area (Å²) in [6, 6.07) is 0. The van der Waals surface area contributed by atoms with E-state index in [1.54, 1.807) is 19.9 Å². The summed E-state index contributed by atoms with van der Waals surface area (Å²) in [6.45, 7) is 9.50. The Hall–Kier alpha value is -0.990. The first-order valence-electron chi connectivity index (χ1n) is 6.85. The molecular weight excluding hydrogens is 249 g/mol. The van der Waals surface area contributed by atoms with Crippen molar-refractivity contribution >= 4 is 0 Å². The Morgan fingerprint density at radius 3 is 2.05 bits per heavy atom. The van der Waals surface area contributed by atoms with Crippen molar-refractivity contribution in [1.82, 2.24) is 0 Å². The molecule has 0 aliphatic heterocycles. The second kappa shape index (κ2) is 8.23. The van der Waals surface area contributed by atoms with Crippen molar-refractivity contribution in [2.24, 2.45) is 5.92 Å². The van der Waals surface area contributed by atoms with Crippen LogP contribution in [0.4, 0.5) is 13.2 Å². The van der Waals surface area contributed by atoms with Gasteiger partial charge in [0.25, 0.3) is 0 Å². The van der Waals surface area contributed by atoms with E-state index in [1.807, 2.05) is 26.8 Å². The molecule has 0 aliphatic carbocycles. The van der Waals surface area contributed by atoms with Crippen molar-refractivity contribution in [1.29, 1.82) is 0 Å². The van der Waals surface area contributed by atoms with Gasteiger partial charge in [0.05, 0.1) is 0 Å². The smallest absolute Gasteiger partial charge is 0.166 e. The van der Waals surface area contributed by atoms with E-state index >= 15 is 0 Å². The minimum Gasteiger partial charge on any atom is -0.166 e. The highest BCUT2D eigenvalue weighted by atomic mass is 19.4. The fourth-order valence-electron chi connectivity index (χ4n) is 2.02. The molecule has 19 heavy (non-hydrogen) atoms. The van der Waals surface area contributed by atoms with E-state index in [1.165, 1.54) is 6.08 Å². The Balaban J connectivity index is 5.40. The summed E-state index contributed by atoms with van der Waals surface area (Å²) in [6.07, 6.45) is 2.30. The topological polar surface area (TPSA) is 0 Å². The number of rotatable bonds is 6. The lowest BCUT2D eigenvalue weighted by Crippen LogP contribution is -2.13. The van der Waals surface area contributed by atoms with E-state index in [0.717, 1.165) is 17.6 Å². The van der Waals surface area contributed by atoms with Crippen LogP contribution in [0.3, 0.4) is 0 Å². The molecule has 0 rings (SSSR count). The molecule has 1 atom stereocenters. The second-order valence-corrected chi connectivity index (χ2v) is 4.96. The third kappa shape index (κ3) is 6.65. The maximum Gasteiger partial charge on any atom is 0.412 e. The fraction of sp³-hybridized carbons (Fsp3) is 0.625. The van der Waals surface area contributed by atoms with E-state index in [9.17, 15) is 13.2 Å². The summed E-state index contributed by atoms with van der Waals surface area (Å²) in [5, 5.41) is 0. The van der Waals surface area contributed by atoms with Crippen molar-refractivity contribution in [3.63, 3.8) is 0 Å². The van der Waals surface area contributed by atoms with Gasteiger partial charge in [-0.1, -0.05) is 44.1 Å². The summed E-state index contributed by atoms with van der Waals surface area (Å²) >= 11 is 0. The van der Waals surface area contributed by atoms with E-state index in [4.69, 9.17) is 0 Å². The van der Waals surface area contributed by atoms with Crippen LogP contribution in [0, 0.1) is 5.92 Å². The zero-order valence-electron chi connectivity index (χ0n) is 12.6. The maximum atomic E-state index is 12.9. The Morgan fingerprint density at radius 2 is 1.74 bits per heavy atom. The molecule has 0 aromatic rings. The van der Waals surface area contributed by atoms with Gasteiger partial charge >= 0.3 is 6.18 Å². The highest BCUT2D eigenvalue weighted by Crippen LogP contribution is 2.32. The van der Waals surface area contributed by atoms with Crippen LogP contribution in [0.15, 0.2) is 34.9 Å². The normalized spacial score (nSPS) is 15.4. The summed E-state index contributed by atoms with van der Waals surface area (Å²) in [7, 11) is 0. The third-order valence-electron chi connectivity index (χ3n) is 2.96. The molecule has 0 saturated carbocycles. The first-order valence-corrected chi connectivity index (χ1v) is 6.85. The molecule has 0 bridgehead atoms. The third-order valence-corrected chi connectivity index (χ3v) is 2.96. The lowest BCUT2D eigenvalue weighted by Gasteiger charge is -2.17. The molecule has 0 fully saturated rings. The van der Waals surface area contributed by atoms with Gasteiger partial charge in [-0.05, 0) is 39.2 Å². The van der Waals surface area contributed by atoms with Gasteiger partial charge in [0.1, 0.15) is 0 Å². The maximum absolute atomic E-state index is 12.9. The molecule has 1 unspecified atom stereocenters. The molecule has 0 aromatic heterocycles. The van der Waals surface area contributed by atoms with Crippen molar-refractivity contribution in [3.8, 4) is 0 Å². The summed E-state index contributed by atoms with van der Waals surface area (Å²) in [4.78, 5) is 0. The second-order valence-electron chi connectivity index (χ2n) is 4.96. The number of halogens is 3. The van der Waals surface area contributed by atoms with Crippen LogP contribution in [0.25, 0.3) is 0 Å². The monoisotopic (exact) mass is 274 g/mol. The van der Waals surface area contributed by atoms with Gasteiger partial charge in [-0.3, -0.25) is 0 Å². The Kier molecular flexibility index (Phi) is 7.81. The van der Waals surface area contributed by atoms with E-state index in [-0.39, 0.29) is 12.3 Å². The van der Waals surface area contributed by atoms with Crippen LogP contribution in [0.2, 0.25) is 0 Å². The highest BCUT2D eigenvalue weighted by molar-refractivity contribution is 5.31. The molecule has 0 N–H and O–H groups in total. The number of allylic oxidation sites excluding steroid dienone is 6. The first-order chi connectivity index (χ1) is 8.76. The van der Waals surface area contributed by atoms with Gasteiger partial charge in [-0.15, -0.1) is 0 Å². The lowest BCUT2D eigenvalue weighted by molar-refractivity contribution is -0.0941. The Morgan fingerprint density at radius 1 is 1.16 bits per heavy atom. The molecular formula is C16H25F3. The number of hydrogen-bond acceptors (Lipinski definition) is 0. The van der Waals surface area contributed by atoms with Gasteiger partial charge < -0.3 is 0 Å². The van der Waals surface area contributed by atoms with E-state index in [0.29, 0.717) is 6.42 Å². The molecule has 0 nitrogen and oxygen atoms in total. The van der Waals surface area contributed by atoms with Crippen LogP contribution < -0.4 is 0 Å². The van der Waals surface area contributed by atoms with Crippen LogP contribution in [-0.2, 0) is 0 Å². The Labute approximate surface area is 115 Å². The number of alkyl halides is 3. The van der Waals surface area contributed by atoms with Crippen LogP contribution >= 0.6 is 0 Å². The first kappa shape index (κ1) is 18.0. The van der Waals surface area contributed by atoms with Gasteiger partial charge in [-0.25, -0.2) is 0 Å². The molecule has 0 heterocycles. The van der Waals surface area contributed by atoms with Crippen LogP contribution in [-0.4, -0.2) is 6.18 Å². The minimum absolute atomic E-state index is 0.0595. The predicted molar refractivity (Wildman–Crippen MR) is 76.0 cm³/mol. The van der Waals surface area contributed by atoms with E-state index < -0.39 is 11.7 Å². The van der Waals surface area contributed by atoms with Gasteiger partial charge in [0.15, 0.2) is 0 Å². The van der Waals surface area contributed by atoms with Gasteiger partial charge in [0, 0.05) is 11.5 Å². The van der Waals surface area contributed by atoms with Crippen molar-refractivity contribution < 1.29 is 13.2 Å². The molecule has 110 valence electrons. The number of hydrogen-bond donors (Lipinski definition) is 0. The summed E-state index contributed by atoms with van der Waals surface area (Å²) < 4.78 is 38.8. The molecule has 0 aliphatic rings. The van der Waals surface area contributed by atoms with Gasteiger partial charge in [-0.2, -0.15) is 13.2 Å². The highest BCUT2D eigenvalue weighted by Gasteiger charge is 2.32. The molecule has 0 radical (unpaired) electrons. The van der Waals surface area contributed by atoms with Crippen LogP contribution in [0.1, 0.15) is 53.9 Å². The molecule has 0 aromatic carbocycles. The largest absolute Gasteiger partial charge is 0.412 e. The van der Waals surface area contributed by atoms with Crippen LogP contribution in [0.5, 0.6) is 0 Å².